The molecule has 2 rings (SSSR count). The van der Waals surface area contributed by atoms with Crippen LogP contribution in [0.4, 0.5) is 5.69 Å². The molecule has 106 valence electrons. The highest BCUT2D eigenvalue weighted by Gasteiger charge is 2.10. The summed E-state index contributed by atoms with van der Waals surface area (Å²) in [6, 6.07) is 10.9. The molecule has 0 saturated carbocycles. The first-order chi connectivity index (χ1) is 9.90. The van der Waals surface area contributed by atoms with Crippen molar-refractivity contribution >= 4 is 21.4 Å². The third-order valence-corrected chi connectivity index (χ3v) is 3.65. The molecule has 0 spiro atoms. The molecular formula is C14H11N3O3S. The summed E-state index contributed by atoms with van der Waals surface area (Å²) in [7, 11) is -3.36. The number of anilines is 1. The Bertz CT molecular complexity index is 804. The van der Waals surface area contributed by atoms with Crippen LogP contribution in [0.2, 0.25) is 0 Å². The summed E-state index contributed by atoms with van der Waals surface area (Å²) >= 11 is 0. The molecule has 1 heterocycles. The first-order valence-electron chi connectivity index (χ1n) is 5.88. The van der Waals surface area contributed by atoms with E-state index in [-0.39, 0.29) is 10.9 Å². The molecule has 0 radical (unpaired) electrons. The molecule has 0 fully saturated rings. The Morgan fingerprint density at radius 1 is 1.19 bits per heavy atom. The van der Waals surface area contributed by atoms with Crippen molar-refractivity contribution in [2.75, 3.05) is 11.6 Å². The first kappa shape index (κ1) is 14.7. The second kappa shape index (κ2) is 5.73. The molecule has 0 atom stereocenters. The molecule has 1 amide bonds. The number of pyridine rings is 1. The fourth-order valence-corrected chi connectivity index (χ4v) is 2.13. The molecule has 1 aromatic carbocycles. The van der Waals surface area contributed by atoms with E-state index in [1.807, 2.05) is 6.07 Å². The van der Waals surface area contributed by atoms with Crippen LogP contribution in [-0.4, -0.2) is 25.6 Å². The van der Waals surface area contributed by atoms with Gasteiger partial charge < -0.3 is 5.32 Å². The number of nitrogens with one attached hydrogen (secondary N) is 1. The SMILES string of the molecule is CS(=O)(=O)c1ccc(NC(=O)c2ccc(C#N)cc2)cn1. The van der Waals surface area contributed by atoms with Crippen molar-refractivity contribution < 1.29 is 13.2 Å². The molecule has 0 bridgehead atoms. The van der Waals surface area contributed by atoms with Crippen molar-refractivity contribution in [3.63, 3.8) is 0 Å². The standard InChI is InChI=1S/C14H11N3O3S/c1-21(19,20)13-7-6-12(9-16-13)17-14(18)11-4-2-10(8-15)3-5-11/h2-7,9H,1H3,(H,17,18). The number of nitriles is 1. The molecule has 7 heteroatoms. The van der Waals surface area contributed by atoms with Crippen molar-refractivity contribution in [1.29, 1.82) is 5.26 Å². The van der Waals surface area contributed by atoms with Crippen LogP contribution in [0.3, 0.4) is 0 Å². The van der Waals surface area contributed by atoms with Gasteiger partial charge in [0.2, 0.25) is 0 Å². The zero-order valence-corrected chi connectivity index (χ0v) is 11.9. The molecule has 0 unspecified atom stereocenters. The van der Waals surface area contributed by atoms with E-state index in [1.165, 1.54) is 30.5 Å². The van der Waals surface area contributed by atoms with Crippen LogP contribution >= 0.6 is 0 Å². The highest BCUT2D eigenvalue weighted by Crippen LogP contribution is 2.12. The summed E-state index contributed by atoms with van der Waals surface area (Å²) in [5.74, 6) is -0.367. The number of benzene rings is 1. The maximum Gasteiger partial charge on any atom is 0.255 e. The van der Waals surface area contributed by atoms with E-state index >= 15 is 0 Å². The Hall–Kier alpha value is -2.72. The first-order valence-corrected chi connectivity index (χ1v) is 7.77. The van der Waals surface area contributed by atoms with Gasteiger partial charge in [0.05, 0.1) is 23.5 Å². The quantitative estimate of drug-likeness (QED) is 0.928. The van der Waals surface area contributed by atoms with Crippen molar-refractivity contribution in [2.24, 2.45) is 0 Å². The molecule has 0 aliphatic carbocycles. The Balaban J connectivity index is 2.14. The molecule has 0 aliphatic heterocycles. The number of sulfone groups is 1. The third kappa shape index (κ3) is 3.64. The predicted octanol–water partition coefficient (Wildman–Crippen LogP) is 1.61. The number of carbonyl (C=O) groups excluding carboxylic acids is 1. The van der Waals surface area contributed by atoms with E-state index in [2.05, 4.69) is 10.3 Å². The molecule has 2 aromatic rings. The molecule has 6 nitrogen and oxygen atoms in total. The van der Waals surface area contributed by atoms with Gasteiger partial charge in [-0.25, -0.2) is 13.4 Å². The van der Waals surface area contributed by atoms with Gasteiger partial charge in [0, 0.05) is 11.8 Å². The molecule has 0 aliphatic rings. The Morgan fingerprint density at radius 2 is 1.86 bits per heavy atom. The number of nitrogens with zero attached hydrogens (tertiary/aromatic N) is 2. The van der Waals surface area contributed by atoms with Gasteiger partial charge in [-0.15, -0.1) is 0 Å². The highest BCUT2D eigenvalue weighted by atomic mass is 32.2. The van der Waals surface area contributed by atoms with Gasteiger partial charge in [0.25, 0.3) is 5.91 Å². The van der Waals surface area contributed by atoms with Crippen LogP contribution in [0, 0.1) is 11.3 Å². The molecule has 1 aromatic heterocycles. The number of hydrogen-bond acceptors (Lipinski definition) is 5. The molecule has 0 saturated heterocycles. The van der Waals surface area contributed by atoms with E-state index in [4.69, 9.17) is 5.26 Å². The van der Waals surface area contributed by atoms with Crippen LogP contribution < -0.4 is 5.32 Å². The zero-order chi connectivity index (χ0) is 15.5. The van der Waals surface area contributed by atoms with Gasteiger partial charge in [-0.3, -0.25) is 4.79 Å². The van der Waals surface area contributed by atoms with E-state index in [1.54, 1.807) is 12.1 Å². The average Bonchev–Trinajstić information content (AvgIpc) is 2.47. The monoisotopic (exact) mass is 301 g/mol. The minimum atomic E-state index is -3.36. The smallest absolute Gasteiger partial charge is 0.255 e. The van der Waals surface area contributed by atoms with Gasteiger partial charge in [-0.05, 0) is 36.4 Å². The number of rotatable bonds is 3. The lowest BCUT2D eigenvalue weighted by atomic mass is 10.1. The number of hydrogen-bond donors (Lipinski definition) is 1. The van der Waals surface area contributed by atoms with Gasteiger partial charge in [-0.2, -0.15) is 5.26 Å². The van der Waals surface area contributed by atoms with Gasteiger partial charge >= 0.3 is 0 Å². The summed E-state index contributed by atoms with van der Waals surface area (Å²) in [6.45, 7) is 0. The van der Waals surface area contributed by atoms with Crippen LogP contribution in [0.15, 0.2) is 47.6 Å². The number of carbonyl (C=O) groups is 1. The van der Waals surface area contributed by atoms with Crippen molar-refractivity contribution in [3.8, 4) is 6.07 Å². The summed E-state index contributed by atoms with van der Waals surface area (Å²) in [5.41, 5.74) is 1.24. The highest BCUT2D eigenvalue weighted by molar-refractivity contribution is 7.90. The van der Waals surface area contributed by atoms with Crippen molar-refractivity contribution in [2.45, 2.75) is 5.03 Å². The molecule has 21 heavy (non-hydrogen) atoms. The van der Waals surface area contributed by atoms with E-state index in [9.17, 15) is 13.2 Å². The lowest BCUT2D eigenvalue weighted by Gasteiger charge is -2.05. The minimum absolute atomic E-state index is 0.0566. The van der Waals surface area contributed by atoms with Crippen LogP contribution in [0.25, 0.3) is 0 Å². The summed E-state index contributed by atoms with van der Waals surface area (Å²) in [5, 5.41) is 11.2. The van der Waals surface area contributed by atoms with Gasteiger partial charge in [-0.1, -0.05) is 0 Å². The maximum atomic E-state index is 12.0. The third-order valence-electron chi connectivity index (χ3n) is 2.65. The lowest BCUT2D eigenvalue weighted by Crippen LogP contribution is -2.12. The fourth-order valence-electron chi connectivity index (χ4n) is 1.57. The largest absolute Gasteiger partial charge is 0.321 e. The lowest BCUT2D eigenvalue weighted by molar-refractivity contribution is 0.102. The van der Waals surface area contributed by atoms with E-state index < -0.39 is 9.84 Å². The maximum absolute atomic E-state index is 12.0. The van der Waals surface area contributed by atoms with Crippen molar-refractivity contribution in [1.82, 2.24) is 4.98 Å². The molecule has 1 N–H and O–H groups in total. The normalized spacial score (nSPS) is 10.7. The van der Waals surface area contributed by atoms with E-state index in [0.29, 0.717) is 16.8 Å². The van der Waals surface area contributed by atoms with Crippen LogP contribution in [0.5, 0.6) is 0 Å². The zero-order valence-electron chi connectivity index (χ0n) is 11.1. The van der Waals surface area contributed by atoms with Crippen molar-refractivity contribution in [3.05, 3.63) is 53.7 Å². The summed E-state index contributed by atoms with van der Waals surface area (Å²) < 4.78 is 22.5. The topological polar surface area (TPSA) is 99.9 Å². The second-order valence-electron chi connectivity index (χ2n) is 4.30. The minimum Gasteiger partial charge on any atom is -0.321 e. The van der Waals surface area contributed by atoms with E-state index in [0.717, 1.165) is 6.26 Å². The molecular weight excluding hydrogens is 290 g/mol. The fraction of sp³-hybridized carbons (Fsp3) is 0.0714. The number of aromatic nitrogens is 1. The van der Waals surface area contributed by atoms with Crippen LogP contribution in [0.1, 0.15) is 15.9 Å². The average molecular weight is 301 g/mol. The van der Waals surface area contributed by atoms with Gasteiger partial charge in [0.1, 0.15) is 0 Å². The summed E-state index contributed by atoms with van der Waals surface area (Å²) in [6.07, 6.45) is 2.34. The number of amides is 1. The second-order valence-corrected chi connectivity index (χ2v) is 6.26. The Morgan fingerprint density at radius 3 is 2.33 bits per heavy atom. The summed E-state index contributed by atoms with van der Waals surface area (Å²) in [4.78, 5) is 15.7. The Kier molecular flexibility index (Phi) is 4.00. The van der Waals surface area contributed by atoms with Crippen LogP contribution in [-0.2, 0) is 9.84 Å². The predicted molar refractivity (Wildman–Crippen MR) is 76.5 cm³/mol. The Labute approximate surface area is 122 Å². The van der Waals surface area contributed by atoms with Gasteiger partial charge in [0.15, 0.2) is 14.9 Å².